The first-order valence-electron chi connectivity index (χ1n) is 4.90. The molecule has 0 bridgehead atoms. The van der Waals surface area contributed by atoms with Crippen LogP contribution in [0, 0.1) is 6.92 Å². The number of carboxylic acid groups (broad SMARTS) is 1. The van der Waals surface area contributed by atoms with Crippen molar-refractivity contribution < 1.29 is 9.90 Å². The summed E-state index contributed by atoms with van der Waals surface area (Å²) < 4.78 is 0. The summed E-state index contributed by atoms with van der Waals surface area (Å²) in [5.74, 6) is 0. The van der Waals surface area contributed by atoms with Crippen molar-refractivity contribution in [3.8, 4) is 0 Å². The van der Waals surface area contributed by atoms with Crippen molar-refractivity contribution >= 4 is 23.0 Å². The van der Waals surface area contributed by atoms with E-state index in [0.717, 1.165) is 6.42 Å². The van der Waals surface area contributed by atoms with Crippen molar-refractivity contribution in [3.05, 3.63) is 28.0 Å². The molecule has 0 fully saturated rings. The molecule has 1 aromatic heterocycles. The zero-order valence-electron chi connectivity index (χ0n) is 8.56. The van der Waals surface area contributed by atoms with E-state index in [1.54, 1.807) is 11.3 Å². The Kier molecular flexibility index (Phi) is 2.77. The van der Waals surface area contributed by atoms with Crippen molar-refractivity contribution in [1.82, 2.24) is 4.90 Å². The molecule has 0 unspecified atom stereocenters. The van der Waals surface area contributed by atoms with Gasteiger partial charge in [-0.1, -0.05) is 6.08 Å². The number of carbonyl (C=O) groups is 1. The third-order valence-electron chi connectivity index (χ3n) is 2.63. The predicted molar refractivity (Wildman–Crippen MR) is 61.2 cm³/mol. The molecule has 0 radical (unpaired) electrons. The first-order chi connectivity index (χ1) is 7.18. The second-order valence-corrected chi connectivity index (χ2v) is 4.56. The van der Waals surface area contributed by atoms with E-state index < -0.39 is 6.09 Å². The summed E-state index contributed by atoms with van der Waals surface area (Å²) in [4.78, 5) is 13.5. The maximum Gasteiger partial charge on any atom is 0.407 e. The quantitative estimate of drug-likeness (QED) is 0.795. The fraction of sp³-hybridized carbons (Fsp3) is 0.364. The molecule has 0 spiro atoms. The third-order valence-corrected chi connectivity index (χ3v) is 3.73. The smallest absolute Gasteiger partial charge is 0.407 e. The Morgan fingerprint density at radius 2 is 2.40 bits per heavy atom. The molecule has 0 aromatic carbocycles. The molecule has 2 heterocycles. The minimum Gasteiger partial charge on any atom is -0.465 e. The summed E-state index contributed by atoms with van der Waals surface area (Å²) in [5, 5.41) is 10.9. The van der Waals surface area contributed by atoms with Crippen LogP contribution in [0.3, 0.4) is 0 Å². The lowest BCUT2D eigenvalue weighted by Gasteiger charge is -2.23. The second-order valence-electron chi connectivity index (χ2n) is 3.64. The van der Waals surface area contributed by atoms with E-state index in [1.807, 2.05) is 6.08 Å². The van der Waals surface area contributed by atoms with E-state index >= 15 is 0 Å². The van der Waals surface area contributed by atoms with Crippen LogP contribution < -0.4 is 0 Å². The number of thiophene rings is 1. The summed E-state index contributed by atoms with van der Waals surface area (Å²) in [7, 11) is 0. The molecule has 1 amide bonds. The monoisotopic (exact) mass is 223 g/mol. The fourth-order valence-corrected chi connectivity index (χ4v) is 2.75. The van der Waals surface area contributed by atoms with Gasteiger partial charge >= 0.3 is 6.09 Å². The van der Waals surface area contributed by atoms with Gasteiger partial charge in [-0.25, -0.2) is 4.79 Å². The van der Waals surface area contributed by atoms with Crippen LogP contribution in [-0.2, 0) is 0 Å². The molecular formula is C11H13NO2S. The lowest BCUT2D eigenvalue weighted by Crippen LogP contribution is -2.33. The number of nitrogens with zero attached hydrogens (tertiary/aromatic N) is 1. The van der Waals surface area contributed by atoms with Crippen LogP contribution in [0.2, 0.25) is 0 Å². The van der Waals surface area contributed by atoms with Gasteiger partial charge in [-0.2, -0.15) is 0 Å². The largest absolute Gasteiger partial charge is 0.465 e. The lowest BCUT2D eigenvalue weighted by molar-refractivity contribution is 0.150. The molecule has 1 aliphatic heterocycles. The average molecular weight is 223 g/mol. The normalized spacial score (nSPS) is 16.3. The minimum absolute atomic E-state index is 0.516. The van der Waals surface area contributed by atoms with E-state index in [0.29, 0.717) is 13.1 Å². The number of aryl methyl sites for hydroxylation is 1. The molecule has 15 heavy (non-hydrogen) atoms. The van der Waals surface area contributed by atoms with Gasteiger partial charge in [-0.05, 0) is 35.9 Å². The highest BCUT2D eigenvalue weighted by molar-refractivity contribution is 7.11. The van der Waals surface area contributed by atoms with Crippen LogP contribution in [0.25, 0.3) is 5.57 Å². The molecule has 1 aromatic rings. The summed E-state index contributed by atoms with van der Waals surface area (Å²) in [5.41, 5.74) is 2.58. The standard InChI is InChI=1S/C11H13NO2S/c1-8-4-7-15-10(8)9-2-5-12(6-3-9)11(13)14/h2,4,7H,3,5-6H2,1H3,(H,13,14). The molecule has 1 aliphatic rings. The van der Waals surface area contributed by atoms with Crippen molar-refractivity contribution in [2.45, 2.75) is 13.3 Å². The zero-order chi connectivity index (χ0) is 10.8. The Morgan fingerprint density at radius 1 is 1.60 bits per heavy atom. The maximum absolute atomic E-state index is 10.7. The van der Waals surface area contributed by atoms with Crippen LogP contribution in [0.4, 0.5) is 4.79 Å². The summed E-state index contributed by atoms with van der Waals surface area (Å²) in [6.45, 7) is 3.22. The Labute approximate surface area is 92.6 Å². The topological polar surface area (TPSA) is 40.5 Å². The van der Waals surface area contributed by atoms with Crippen LogP contribution in [-0.4, -0.2) is 29.2 Å². The van der Waals surface area contributed by atoms with Crippen LogP contribution >= 0.6 is 11.3 Å². The number of amides is 1. The maximum atomic E-state index is 10.7. The van der Waals surface area contributed by atoms with Gasteiger partial charge in [-0.3, -0.25) is 0 Å². The molecular weight excluding hydrogens is 210 g/mol. The van der Waals surface area contributed by atoms with E-state index in [1.165, 1.54) is 20.9 Å². The summed E-state index contributed by atoms with van der Waals surface area (Å²) in [6.07, 6.45) is 2.03. The van der Waals surface area contributed by atoms with Crippen molar-refractivity contribution in [3.63, 3.8) is 0 Å². The van der Waals surface area contributed by atoms with Crippen molar-refractivity contribution in [2.24, 2.45) is 0 Å². The summed E-state index contributed by atoms with van der Waals surface area (Å²) in [6, 6.07) is 2.10. The van der Waals surface area contributed by atoms with E-state index in [-0.39, 0.29) is 0 Å². The van der Waals surface area contributed by atoms with Gasteiger partial charge in [-0.15, -0.1) is 11.3 Å². The fourth-order valence-electron chi connectivity index (χ4n) is 1.75. The van der Waals surface area contributed by atoms with E-state index in [2.05, 4.69) is 18.4 Å². The molecule has 2 rings (SSSR count). The Balaban J connectivity index is 2.15. The molecule has 80 valence electrons. The third kappa shape index (κ3) is 2.04. The first kappa shape index (κ1) is 10.2. The van der Waals surface area contributed by atoms with Crippen molar-refractivity contribution in [1.29, 1.82) is 0 Å². The van der Waals surface area contributed by atoms with Gasteiger partial charge in [0.1, 0.15) is 0 Å². The lowest BCUT2D eigenvalue weighted by atomic mass is 10.0. The second kappa shape index (κ2) is 4.06. The first-order valence-corrected chi connectivity index (χ1v) is 5.78. The highest BCUT2D eigenvalue weighted by Crippen LogP contribution is 2.29. The molecule has 0 saturated heterocycles. The summed E-state index contributed by atoms with van der Waals surface area (Å²) >= 11 is 1.73. The Hall–Kier alpha value is -1.29. The predicted octanol–water partition coefficient (Wildman–Crippen LogP) is 2.82. The molecule has 0 atom stereocenters. The number of hydrogen-bond donors (Lipinski definition) is 1. The van der Waals surface area contributed by atoms with E-state index in [4.69, 9.17) is 5.11 Å². The van der Waals surface area contributed by atoms with Gasteiger partial charge in [0.25, 0.3) is 0 Å². The molecule has 4 heteroatoms. The number of hydrogen-bond acceptors (Lipinski definition) is 2. The van der Waals surface area contributed by atoms with Gasteiger partial charge in [0.2, 0.25) is 0 Å². The van der Waals surface area contributed by atoms with Gasteiger partial charge < -0.3 is 10.0 Å². The molecule has 0 saturated carbocycles. The van der Waals surface area contributed by atoms with Gasteiger partial charge in [0.05, 0.1) is 0 Å². The van der Waals surface area contributed by atoms with Gasteiger partial charge in [0.15, 0.2) is 0 Å². The van der Waals surface area contributed by atoms with Crippen LogP contribution in [0.15, 0.2) is 17.5 Å². The Bertz CT molecular complexity index is 408. The minimum atomic E-state index is -0.826. The SMILES string of the molecule is Cc1ccsc1C1=CCN(C(=O)O)CC1. The molecule has 0 aliphatic carbocycles. The number of rotatable bonds is 1. The zero-order valence-corrected chi connectivity index (χ0v) is 9.38. The molecule has 1 N–H and O–H groups in total. The van der Waals surface area contributed by atoms with Crippen LogP contribution in [0.1, 0.15) is 16.9 Å². The van der Waals surface area contributed by atoms with Crippen molar-refractivity contribution in [2.75, 3.05) is 13.1 Å². The Morgan fingerprint density at radius 3 is 2.87 bits per heavy atom. The average Bonchev–Trinajstić information content (AvgIpc) is 2.65. The highest BCUT2D eigenvalue weighted by Gasteiger charge is 2.17. The van der Waals surface area contributed by atoms with Crippen LogP contribution in [0.5, 0.6) is 0 Å². The highest BCUT2D eigenvalue weighted by atomic mass is 32.1. The van der Waals surface area contributed by atoms with E-state index in [9.17, 15) is 4.79 Å². The molecule has 3 nitrogen and oxygen atoms in total. The van der Waals surface area contributed by atoms with Gasteiger partial charge in [0, 0.05) is 18.0 Å².